The summed E-state index contributed by atoms with van der Waals surface area (Å²) in [5.41, 5.74) is 12.9. The maximum absolute atomic E-state index is 14.3. The molecule has 4 nitrogen and oxygen atoms in total. The molecule has 0 saturated heterocycles. The van der Waals surface area contributed by atoms with Crippen molar-refractivity contribution in [2.45, 2.75) is 9.79 Å². The van der Waals surface area contributed by atoms with Gasteiger partial charge in [0.2, 0.25) is 0 Å². The highest BCUT2D eigenvalue weighted by atomic mass is 32.2. The van der Waals surface area contributed by atoms with Crippen LogP contribution in [0.5, 0.6) is 0 Å². The van der Waals surface area contributed by atoms with Gasteiger partial charge in [0.05, 0.1) is 22.8 Å². The highest BCUT2D eigenvalue weighted by Gasteiger charge is 2.32. The molecule has 0 unspecified atom stereocenters. The summed E-state index contributed by atoms with van der Waals surface area (Å²) in [6, 6.07) is 38.3. The molecule has 0 saturated carbocycles. The first-order valence-electron chi connectivity index (χ1n) is 12.2. The van der Waals surface area contributed by atoms with Gasteiger partial charge in [0.15, 0.2) is 0 Å². The molecule has 6 heteroatoms. The van der Waals surface area contributed by atoms with Gasteiger partial charge in [0, 0.05) is 20.7 Å². The maximum atomic E-state index is 14.3. The Morgan fingerprint density at radius 1 is 0.711 bits per heavy atom. The number of carbonyl (C=O) groups excluding carboxylic acids is 1. The topological polar surface area (TPSA) is 59.2 Å². The van der Waals surface area contributed by atoms with Crippen LogP contribution in [0.3, 0.4) is 0 Å². The van der Waals surface area contributed by atoms with Gasteiger partial charge in [0.1, 0.15) is 9.71 Å². The van der Waals surface area contributed by atoms with E-state index in [9.17, 15) is 4.79 Å². The number of rotatable bonds is 3. The van der Waals surface area contributed by atoms with E-state index in [-0.39, 0.29) is 5.91 Å². The van der Waals surface area contributed by atoms with Crippen molar-refractivity contribution in [3.8, 4) is 22.4 Å². The van der Waals surface area contributed by atoms with Gasteiger partial charge < -0.3 is 5.73 Å². The zero-order valence-electron chi connectivity index (χ0n) is 20.2. The minimum absolute atomic E-state index is 0.147. The number of benzene rings is 4. The highest BCUT2D eigenvalue weighted by molar-refractivity contribution is 7.99. The molecule has 2 aromatic heterocycles. The molecule has 1 aliphatic heterocycles. The number of para-hydroxylation sites is 2. The summed E-state index contributed by atoms with van der Waals surface area (Å²) in [6.45, 7) is 0. The average Bonchev–Trinajstić information content (AvgIpc) is 3.32. The quantitative estimate of drug-likeness (QED) is 0.250. The lowest BCUT2D eigenvalue weighted by Crippen LogP contribution is -2.28. The van der Waals surface area contributed by atoms with Crippen molar-refractivity contribution in [1.29, 1.82) is 0 Å². The van der Waals surface area contributed by atoms with E-state index >= 15 is 0 Å². The minimum atomic E-state index is -0.147. The predicted octanol–water partition coefficient (Wildman–Crippen LogP) is 8.66. The largest absolute Gasteiger partial charge is 0.397 e. The lowest BCUT2D eigenvalue weighted by molar-refractivity contribution is 0.100. The second-order valence-electron chi connectivity index (χ2n) is 8.99. The van der Waals surface area contributed by atoms with E-state index in [1.807, 2.05) is 97.1 Å². The van der Waals surface area contributed by atoms with E-state index in [0.717, 1.165) is 53.8 Å². The van der Waals surface area contributed by atoms with Crippen LogP contribution in [-0.2, 0) is 0 Å². The molecule has 182 valence electrons. The Hall–Kier alpha value is -4.39. The molecule has 6 aromatic rings. The van der Waals surface area contributed by atoms with Crippen LogP contribution in [0.15, 0.2) is 125 Å². The minimum Gasteiger partial charge on any atom is -0.397 e. The van der Waals surface area contributed by atoms with Gasteiger partial charge in [0.25, 0.3) is 5.91 Å². The molecule has 2 N–H and O–H groups in total. The maximum Gasteiger partial charge on any atom is 0.275 e. The number of nitrogens with two attached hydrogens (primary N) is 1. The number of hydrogen-bond acceptors (Lipinski definition) is 5. The Balaban J connectivity index is 1.45. The summed E-state index contributed by atoms with van der Waals surface area (Å²) < 4.78 is 0. The molecule has 3 heterocycles. The van der Waals surface area contributed by atoms with Crippen LogP contribution < -0.4 is 10.6 Å². The molecule has 1 amide bonds. The monoisotopic (exact) mass is 527 g/mol. The molecule has 0 spiro atoms. The standard InChI is InChI=1S/C32H21N3OS2/c33-29-28-22(20-11-3-1-4-12-20)19-23(21-13-5-2-6-14-21)34-31(28)38-30(29)32(36)35-24-15-7-9-17-26(24)37-27-18-10-8-16-25(27)35/h1-19H,33H2. The van der Waals surface area contributed by atoms with Crippen molar-refractivity contribution >= 4 is 56.3 Å². The van der Waals surface area contributed by atoms with E-state index in [1.165, 1.54) is 11.3 Å². The Morgan fingerprint density at radius 3 is 1.89 bits per heavy atom. The van der Waals surface area contributed by atoms with Gasteiger partial charge in [-0.25, -0.2) is 4.98 Å². The first-order chi connectivity index (χ1) is 18.7. The second-order valence-corrected chi connectivity index (χ2v) is 11.1. The summed E-state index contributed by atoms with van der Waals surface area (Å²) in [5.74, 6) is -0.147. The molecule has 0 fully saturated rings. The van der Waals surface area contributed by atoms with E-state index in [0.29, 0.717) is 10.6 Å². The fourth-order valence-corrected chi connectivity index (χ4v) is 7.01. The Kier molecular flexibility index (Phi) is 5.50. The van der Waals surface area contributed by atoms with Crippen LogP contribution in [0.1, 0.15) is 9.67 Å². The molecule has 7 rings (SSSR count). The lowest BCUT2D eigenvalue weighted by atomic mass is 9.99. The third kappa shape index (κ3) is 3.69. The summed E-state index contributed by atoms with van der Waals surface area (Å²) in [6.07, 6.45) is 0. The molecule has 0 radical (unpaired) electrons. The van der Waals surface area contributed by atoms with Crippen molar-refractivity contribution in [2.75, 3.05) is 10.6 Å². The van der Waals surface area contributed by atoms with E-state index in [2.05, 4.69) is 18.2 Å². The SMILES string of the molecule is Nc1c(C(=O)N2c3ccccc3Sc3ccccc32)sc2nc(-c3ccccc3)cc(-c3ccccc3)c12. The van der Waals surface area contributed by atoms with Gasteiger partial charge in [-0.3, -0.25) is 9.69 Å². The van der Waals surface area contributed by atoms with Crippen molar-refractivity contribution in [2.24, 2.45) is 0 Å². The zero-order chi connectivity index (χ0) is 25.6. The van der Waals surface area contributed by atoms with Crippen molar-refractivity contribution < 1.29 is 4.79 Å². The third-order valence-electron chi connectivity index (χ3n) is 6.68. The average molecular weight is 528 g/mol. The smallest absolute Gasteiger partial charge is 0.275 e. The number of pyridine rings is 1. The van der Waals surface area contributed by atoms with Gasteiger partial charge in [-0.15, -0.1) is 11.3 Å². The number of aromatic nitrogens is 1. The predicted molar refractivity (Wildman–Crippen MR) is 158 cm³/mol. The molecule has 4 aromatic carbocycles. The summed E-state index contributed by atoms with van der Waals surface area (Å²) in [4.78, 5) is 24.4. The van der Waals surface area contributed by atoms with E-state index in [4.69, 9.17) is 10.7 Å². The van der Waals surface area contributed by atoms with Crippen LogP contribution in [0.2, 0.25) is 0 Å². The van der Waals surface area contributed by atoms with Crippen LogP contribution in [0, 0.1) is 0 Å². The molecule has 0 bridgehead atoms. The molecule has 0 aliphatic carbocycles. The van der Waals surface area contributed by atoms with Crippen molar-refractivity contribution in [1.82, 2.24) is 4.98 Å². The summed E-state index contributed by atoms with van der Waals surface area (Å²) in [5, 5.41) is 0.817. The second kappa shape index (κ2) is 9.17. The summed E-state index contributed by atoms with van der Waals surface area (Å²) >= 11 is 3.03. The van der Waals surface area contributed by atoms with Crippen LogP contribution in [-0.4, -0.2) is 10.9 Å². The number of fused-ring (bicyclic) bond motifs is 3. The van der Waals surface area contributed by atoms with Crippen molar-refractivity contribution in [3.05, 3.63) is 120 Å². The van der Waals surface area contributed by atoms with Gasteiger partial charge in [-0.05, 0) is 41.5 Å². The normalized spacial score (nSPS) is 12.3. The Bertz CT molecular complexity index is 1790. The van der Waals surface area contributed by atoms with Crippen molar-refractivity contribution in [3.63, 3.8) is 0 Å². The number of nitrogen functional groups attached to an aromatic ring is 1. The first kappa shape index (κ1) is 22.8. The van der Waals surface area contributed by atoms with Gasteiger partial charge in [-0.2, -0.15) is 0 Å². The fraction of sp³-hybridized carbons (Fsp3) is 0. The number of nitrogens with zero attached hydrogens (tertiary/aromatic N) is 2. The Labute approximate surface area is 228 Å². The van der Waals surface area contributed by atoms with Crippen LogP contribution in [0.25, 0.3) is 32.6 Å². The molecule has 0 atom stereocenters. The number of anilines is 3. The molecular formula is C32H21N3OS2. The van der Waals surface area contributed by atoms with Gasteiger partial charge in [-0.1, -0.05) is 96.7 Å². The summed E-state index contributed by atoms with van der Waals surface area (Å²) in [7, 11) is 0. The Morgan fingerprint density at radius 2 is 1.26 bits per heavy atom. The highest BCUT2D eigenvalue weighted by Crippen LogP contribution is 2.50. The third-order valence-corrected chi connectivity index (χ3v) is 8.90. The number of thiophene rings is 1. The molecule has 1 aliphatic rings. The number of carbonyl (C=O) groups is 1. The van der Waals surface area contributed by atoms with E-state index < -0.39 is 0 Å². The fourth-order valence-electron chi connectivity index (χ4n) is 4.91. The van der Waals surface area contributed by atoms with E-state index in [1.54, 1.807) is 16.7 Å². The van der Waals surface area contributed by atoms with Crippen LogP contribution in [0.4, 0.5) is 17.1 Å². The van der Waals surface area contributed by atoms with Crippen LogP contribution >= 0.6 is 23.1 Å². The molecular weight excluding hydrogens is 507 g/mol. The molecule has 38 heavy (non-hydrogen) atoms. The zero-order valence-corrected chi connectivity index (χ0v) is 21.8. The number of amides is 1. The number of hydrogen-bond donors (Lipinski definition) is 1. The van der Waals surface area contributed by atoms with Gasteiger partial charge >= 0.3 is 0 Å². The lowest BCUT2D eigenvalue weighted by Gasteiger charge is -2.30. The first-order valence-corrected chi connectivity index (χ1v) is 13.9.